The van der Waals surface area contributed by atoms with Gasteiger partial charge in [-0.05, 0) is 32.7 Å². The highest BCUT2D eigenvalue weighted by atomic mass is 16.4. The van der Waals surface area contributed by atoms with Crippen LogP contribution in [0.4, 0.5) is 0 Å². The molecule has 2 aromatic heterocycles. The van der Waals surface area contributed by atoms with Crippen molar-refractivity contribution in [2.75, 3.05) is 13.1 Å². The summed E-state index contributed by atoms with van der Waals surface area (Å²) in [6, 6.07) is 0.180. The van der Waals surface area contributed by atoms with Gasteiger partial charge in [-0.25, -0.2) is 4.98 Å². The van der Waals surface area contributed by atoms with Gasteiger partial charge in [0.2, 0.25) is 5.89 Å². The molecule has 1 amide bonds. The van der Waals surface area contributed by atoms with Crippen molar-refractivity contribution >= 4 is 5.91 Å². The van der Waals surface area contributed by atoms with Gasteiger partial charge in [-0.1, -0.05) is 0 Å². The minimum atomic E-state index is -0.0835. The summed E-state index contributed by atoms with van der Waals surface area (Å²) in [5.41, 5.74) is 6.87. The number of aromatic nitrogens is 3. The van der Waals surface area contributed by atoms with Crippen LogP contribution >= 0.6 is 0 Å². The molecule has 0 spiro atoms. The molecule has 0 bridgehead atoms. The molecule has 1 aliphatic rings. The number of rotatable bonds is 3. The molecule has 2 unspecified atom stereocenters. The van der Waals surface area contributed by atoms with Gasteiger partial charge in [-0.3, -0.25) is 9.48 Å². The summed E-state index contributed by atoms with van der Waals surface area (Å²) in [5, 5.41) is 4.09. The lowest BCUT2D eigenvalue weighted by molar-refractivity contribution is 0.0736. The fourth-order valence-corrected chi connectivity index (χ4v) is 2.98. The molecule has 22 heavy (non-hydrogen) atoms. The average Bonchev–Trinajstić information content (AvgIpc) is 3.17. The van der Waals surface area contributed by atoms with Crippen molar-refractivity contribution in [3.8, 4) is 11.5 Å². The Morgan fingerprint density at radius 1 is 1.55 bits per heavy atom. The van der Waals surface area contributed by atoms with Crippen LogP contribution in [0, 0.1) is 12.8 Å². The Balaban J connectivity index is 1.86. The molecule has 0 aliphatic carbocycles. The van der Waals surface area contributed by atoms with E-state index in [4.69, 9.17) is 10.2 Å². The van der Waals surface area contributed by atoms with Crippen LogP contribution in [0.2, 0.25) is 0 Å². The maximum atomic E-state index is 12.7. The van der Waals surface area contributed by atoms with E-state index in [0.29, 0.717) is 36.4 Å². The zero-order chi connectivity index (χ0) is 15.9. The molecule has 118 valence electrons. The Kier molecular flexibility index (Phi) is 3.74. The van der Waals surface area contributed by atoms with E-state index >= 15 is 0 Å². The van der Waals surface area contributed by atoms with Gasteiger partial charge in [-0.15, -0.1) is 0 Å². The molecule has 7 nitrogen and oxygen atoms in total. The number of carbonyl (C=O) groups is 1. The number of oxazole rings is 1. The predicted molar refractivity (Wildman–Crippen MR) is 81.1 cm³/mol. The first kappa shape index (κ1) is 14.8. The number of nitrogens with zero attached hydrogens (tertiary/aromatic N) is 4. The maximum absolute atomic E-state index is 12.7. The van der Waals surface area contributed by atoms with E-state index in [1.807, 2.05) is 25.1 Å². The van der Waals surface area contributed by atoms with E-state index in [9.17, 15) is 4.79 Å². The number of carbonyl (C=O) groups excluding carboxylic acids is 1. The van der Waals surface area contributed by atoms with Crippen LogP contribution in [0.5, 0.6) is 0 Å². The fraction of sp³-hybridized carbons (Fsp3) is 0.533. The van der Waals surface area contributed by atoms with Crippen molar-refractivity contribution in [1.29, 1.82) is 0 Å². The molecular weight excluding hydrogens is 282 g/mol. The minimum Gasteiger partial charge on any atom is -0.440 e. The van der Waals surface area contributed by atoms with E-state index in [1.54, 1.807) is 17.8 Å². The SMILES string of the molecule is Cc1oc(-c2cnn(C)c2)nc1C(=O)N1CC(CN)CC1C. The Hall–Kier alpha value is -2.15. The van der Waals surface area contributed by atoms with Gasteiger partial charge < -0.3 is 15.1 Å². The molecule has 2 N–H and O–H groups in total. The second-order valence-electron chi connectivity index (χ2n) is 5.97. The van der Waals surface area contributed by atoms with Crippen LogP contribution in [-0.2, 0) is 7.05 Å². The number of likely N-dealkylation sites (tertiary alicyclic amines) is 1. The van der Waals surface area contributed by atoms with Gasteiger partial charge in [0, 0.05) is 25.8 Å². The van der Waals surface area contributed by atoms with Gasteiger partial charge in [0.1, 0.15) is 5.76 Å². The molecule has 2 aromatic rings. The Morgan fingerprint density at radius 3 is 2.91 bits per heavy atom. The van der Waals surface area contributed by atoms with Crippen molar-refractivity contribution < 1.29 is 9.21 Å². The number of hydrogen-bond acceptors (Lipinski definition) is 5. The molecule has 1 fully saturated rings. The third kappa shape index (κ3) is 2.52. The highest BCUT2D eigenvalue weighted by molar-refractivity contribution is 5.94. The smallest absolute Gasteiger partial charge is 0.276 e. The van der Waals surface area contributed by atoms with Crippen molar-refractivity contribution in [2.45, 2.75) is 26.3 Å². The summed E-state index contributed by atoms with van der Waals surface area (Å²) < 4.78 is 7.32. The van der Waals surface area contributed by atoms with Crippen molar-refractivity contribution in [3.63, 3.8) is 0 Å². The van der Waals surface area contributed by atoms with E-state index in [0.717, 1.165) is 12.0 Å². The number of amides is 1. The molecule has 1 saturated heterocycles. The molecule has 7 heteroatoms. The topological polar surface area (TPSA) is 90.2 Å². The number of hydrogen-bond donors (Lipinski definition) is 1. The van der Waals surface area contributed by atoms with Crippen LogP contribution < -0.4 is 5.73 Å². The van der Waals surface area contributed by atoms with Gasteiger partial charge >= 0.3 is 0 Å². The second-order valence-corrected chi connectivity index (χ2v) is 5.97. The maximum Gasteiger partial charge on any atom is 0.276 e. The zero-order valence-electron chi connectivity index (χ0n) is 13.1. The molecule has 3 heterocycles. The fourth-order valence-electron chi connectivity index (χ4n) is 2.98. The van der Waals surface area contributed by atoms with Crippen molar-refractivity contribution in [3.05, 3.63) is 23.8 Å². The van der Waals surface area contributed by atoms with Crippen LogP contribution in [0.3, 0.4) is 0 Å². The third-order valence-corrected chi connectivity index (χ3v) is 4.21. The summed E-state index contributed by atoms with van der Waals surface area (Å²) in [6.07, 6.45) is 4.42. The van der Waals surface area contributed by atoms with Crippen LogP contribution in [0.1, 0.15) is 29.6 Å². The summed E-state index contributed by atoms with van der Waals surface area (Å²) in [6.45, 7) is 5.10. The van der Waals surface area contributed by atoms with Gasteiger partial charge in [0.05, 0.1) is 11.8 Å². The standard InChI is InChI=1S/C15H21N5O2/c1-9-4-11(5-16)7-20(9)15(21)13-10(2)22-14(18-13)12-6-17-19(3)8-12/h6,8-9,11H,4-5,7,16H2,1-3H3. The normalized spacial score (nSPS) is 21.5. The summed E-state index contributed by atoms with van der Waals surface area (Å²) in [5.74, 6) is 1.24. The van der Waals surface area contributed by atoms with E-state index in [2.05, 4.69) is 10.1 Å². The predicted octanol–water partition coefficient (Wildman–Crippen LogP) is 1.19. The largest absolute Gasteiger partial charge is 0.440 e. The highest BCUT2D eigenvalue weighted by Crippen LogP contribution is 2.27. The number of nitrogens with two attached hydrogens (primary N) is 1. The third-order valence-electron chi connectivity index (χ3n) is 4.21. The molecule has 1 aliphatic heterocycles. The molecule has 2 atom stereocenters. The zero-order valence-corrected chi connectivity index (χ0v) is 13.1. The monoisotopic (exact) mass is 303 g/mol. The van der Waals surface area contributed by atoms with Gasteiger partial charge in [0.15, 0.2) is 5.69 Å². The van der Waals surface area contributed by atoms with Crippen LogP contribution in [0.25, 0.3) is 11.5 Å². The Morgan fingerprint density at radius 2 is 2.32 bits per heavy atom. The number of aryl methyl sites for hydroxylation is 2. The summed E-state index contributed by atoms with van der Waals surface area (Å²) >= 11 is 0. The first-order valence-electron chi connectivity index (χ1n) is 7.47. The van der Waals surface area contributed by atoms with Crippen molar-refractivity contribution in [2.24, 2.45) is 18.7 Å². The first-order chi connectivity index (χ1) is 10.5. The summed E-state index contributed by atoms with van der Waals surface area (Å²) in [7, 11) is 1.82. The van der Waals surface area contributed by atoms with Crippen LogP contribution in [-0.4, -0.2) is 44.7 Å². The lowest BCUT2D eigenvalue weighted by Crippen LogP contribution is -2.35. The molecule has 3 rings (SSSR count). The first-order valence-corrected chi connectivity index (χ1v) is 7.47. The quantitative estimate of drug-likeness (QED) is 0.920. The molecule has 0 saturated carbocycles. The Labute approximate surface area is 129 Å². The molecular formula is C15H21N5O2. The lowest BCUT2D eigenvalue weighted by atomic mass is 10.1. The van der Waals surface area contributed by atoms with Gasteiger partial charge in [-0.2, -0.15) is 5.10 Å². The van der Waals surface area contributed by atoms with E-state index in [1.165, 1.54) is 0 Å². The molecule has 0 aromatic carbocycles. The second kappa shape index (κ2) is 5.57. The Bertz CT molecular complexity index is 690. The highest BCUT2D eigenvalue weighted by Gasteiger charge is 2.34. The van der Waals surface area contributed by atoms with E-state index < -0.39 is 0 Å². The van der Waals surface area contributed by atoms with Crippen LogP contribution in [0.15, 0.2) is 16.8 Å². The van der Waals surface area contributed by atoms with Gasteiger partial charge in [0.25, 0.3) is 5.91 Å². The summed E-state index contributed by atoms with van der Waals surface area (Å²) in [4.78, 5) is 19.0. The molecule has 0 radical (unpaired) electrons. The minimum absolute atomic E-state index is 0.0835. The van der Waals surface area contributed by atoms with Crippen molar-refractivity contribution in [1.82, 2.24) is 19.7 Å². The average molecular weight is 303 g/mol. The van der Waals surface area contributed by atoms with E-state index in [-0.39, 0.29) is 11.9 Å². The lowest BCUT2D eigenvalue weighted by Gasteiger charge is -2.20.